The summed E-state index contributed by atoms with van der Waals surface area (Å²) in [5.41, 5.74) is 0.841. The lowest BCUT2D eigenvalue weighted by Gasteiger charge is -2.15. The average molecular weight is 226 g/mol. The molecule has 1 aliphatic rings. The number of hydrogen-bond donors (Lipinski definition) is 0. The van der Waals surface area contributed by atoms with Crippen LogP contribution < -0.4 is 5.56 Å². The van der Waals surface area contributed by atoms with Gasteiger partial charge >= 0.3 is 0 Å². The summed E-state index contributed by atoms with van der Waals surface area (Å²) in [6.07, 6.45) is 1.02. The van der Waals surface area contributed by atoms with Gasteiger partial charge in [-0.1, -0.05) is 11.8 Å². The molecule has 0 bridgehead atoms. The summed E-state index contributed by atoms with van der Waals surface area (Å²) in [4.78, 5) is 16.1. The molecule has 5 nitrogen and oxygen atoms in total. The van der Waals surface area contributed by atoms with Crippen LogP contribution in [0.1, 0.15) is 6.42 Å². The van der Waals surface area contributed by atoms with Gasteiger partial charge in [-0.15, -0.1) is 0 Å². The molecule has 14 heavy (non-hydrogen) atoms. The molecule has 0 atom stereocenters. The zero-order valence-electron chi connectivity index (χ0n) is 7.13. The zero-order valence-corrected chi connectivity index (χ0v) is 8.77. The van der Waals surface area contributed by atoms with Gasteiger partial charge in [0.2, 0.25) is 5.65 Å². The van der Waals surface area contributed by atoms with Gasteiger partial charge in [-0.05, 0) is 6.42 Å². The molecule has 0 N–H and O–H groups in total. The Balaban J connectivity index is 2.42. The SMILES string of the molecule is O=c1c2nsnc2nc2n1CCCS2. The van der Waals surface area contributed by atoms with Crippen molar-refractivity contribution in [3.05, 3.63) is 10.4 Å². The smallest absolute Gasteiger partial charge is 0.283 e. The third-order valence-electron chi connectivity index (χ3n) is 2.11. The van der Waals surface area contributed by atoms with E-state index >= 15 is 0 Å². The minimum absolute atomic E-state index is 0.0500. The van der Waals surface area contributed by atoms with Crippen LogP contribution in [0.5, 0.6) is 0 Å². The van der Waals surface area contributed by atoms with E-state index in [1.165, 1.54) is 0 Å². The van der Waals surface area contributed by atoms with Crippen LogP contribution in [0.2, 0.25) is 0 Å². The predicted octanol–water partition coefficient (Wildman–Crippen LogP) is 0.744. The fraction of sp³-hybridized carbons (Fsp3) is 0.429. The second-order valence-corrected chi connectivity index (χ2v) is 4.58. The van der Waals surface area contributed by atoms with E-state index in [2.05, 4.69) is 13.7 Å². The fourth-order valence-electron chi connectivity index (χ4n) is 1.45. The highest BCUT2D eigenvalue weighted by molar-refractivity contribution is 7.99. The molecular weight excluding hydrogens is 220 g/mol. The summed E-state index contributed by atoms with van der Waals surface area (Å²) < 4.78 is 9.62. The molecule has 0 aliphatic carbocycles. The molecule has 72 valence electrons. The second kappa shape index (κ2) is 3.03. The Hall–Kier alpha value is -0.950. The Labute approximate surface area is 87.5 Å². The first kappa shape index (κ1) is 8.37. The summed E-state index contributed by atoms with van der Waals surface area (Å²) in [5, 5.41) is 0.779. The molecule has 2 aromatic heterocycles. The minimum atomic E-state index is -0.0500. The van der Waals surface area contributed by atoms with Crippen LogP contribution in [0.25, 0.3) is 11.2 Å². The maximum absolute atomic E-state index is 11.8. The molecule has 0 amide bonds. The first-order chi connectivity index (χ1) is 6.86. The Bertz CT molecular complexity index is 546. The number of hydrogen-bond acceptors (Lipinski definition) is 6. The molecule has 3 heterocycles. The van der Waals surface area contributed by atoms with E-state index in [0.717, 1.165) is 35.6 Å². The predicted molar refractivity (Wildman–Crippen MR) is 54.8 cm³/mol. The van der Waals surface area contributed by atoms with Gasteiger partial charge in [0.15, 0.2) is 10.7 Å². The number of thioether (sulfide) groups is 1. The Kier molecular flexibility index (Phi) is 1.81. The number of nitrogens with zero attached hydrogens (tertiary/aromatic N) is 4. The van der Waals surface area contributed by atoms with Crippen molar-refractivity contribution in [2.45, 2.75) is 18.1 Å². The van der Waals surface area contributed by atoms with Gasteiger partial charge in [0.25, 0.3) is 5.56 Å². The van der Waals surface area contributed by atoms with Gasteiger partial charge < -0.3 is 0 Å². The molecule has 0 aromatic carbocycles. The van der Waals surface area contributed by atoms with E-state index in [0.29, 0.717) is 11.2 Å². The molecule has 2 aromatic rings. The lowest BCUT2D eigenvalue weighted by molar-refractivity contribution is 0.570. The van der Waals surface area contributed by atoms with Gasteiger partial charge in [-0.25, -0.2) is 4.98 Å². The van der Waals surface area contributed by atoms with Crippen molar-refractivity contribution in [1.82, 2.24) is 18.3 Å². The van der Waals surface area contributed by atoms with Crippen LogP contribution in [-0.2, 0) is 6.54 Å². The van der Waals surface area contributed by atoms with Crippen molar-refractivity contribution in [2.24, 2.45) is 0 Å². The van der Waals surface area contributed by atoms with Gasteiger partial charge in [0.05, 0.1) is 11.7 Å². The molecule has 3 rings (SSSR count). The van der Waals surface area contributed by atoms with Crippen LogP contribution in [0.15, 0.2) is 9.95 Å². The number of aromatic nitrogens is 4. The monoisotopic (exact) mass is 226 g/mol. The summed E-state index contributed by atoms with van der Waals surface area (Å²) >= 11 is 2.65. The van der Waals surface area contributed by atoms with Crippen LogP contribution in [-0.4, -0.2) is 24.1 Å². The van der Waals surface area contributed by atoms with Gasteiger partial charge in [0, 0.05) is 12.3 Å². The second-order valence-electron chi connectivity index (χ2n) is 2.99. The van der Waals surface area contributed by atoms with E-state index in [1.807, 2.05) is 0 Å². The maximum Gasteiger partial charge on any atom is 0.283 e. The average Bonchev–Trinajstić information content (AvgIpc) is 2.66. The fourth-order valence-corrected chi connectivity index (χ4v) is 2.88. The van der Waals surface area contributed by atoms with Crippen molar-refractivity contribution in [3.8, 4) is 0 Å². The zero-order chi connectivity index (χ0) is 9.54. The Morgan fingerprint density at radius 1 is 1.36 bits per heavy atom. The Morgan fingerprint density at radius 2 is 2.29 bits per heavy atom. The van der Waals surface area contributed by atoms with Crippen molar-refractivity contribution >= 4 is 34.7 Å². The van der Waals surface area contributed by atoms with Crippen LogP contribution in [0.4, 0.5) is 0 Å². The molecule has 7 heteroatoms. The summed E-state index contributed by atoms with van der Waals surface area (Å²) in [6, 6.07) is 0. The van der Waals surface area contributed by atoms with Gasteiger partial charge in [-0.3, -0.25) is 9.36 Å². The highest BCUT2D eigenvalue weighted by Crippen LogP contribution is 2.21. The van der Waals surface area contributed by atoms with Crippen molar-refractivity contribution in [1.29, 1.82) is 0 Å². The van der Waals surface area contributed by atoms with E-state index in [1.54, 1.807) is 16.3 Å². The topological polar surface area (TPSA) is 60.7 Å². The first-order valence-corrected chi connectivity index (χ1v) is 5.94. The Morgan fingerprint density at radius 3 is 3.21 bits per heavy atom. The third kappa shape index (κ3) is 1.09. The molecular formula is C7H6N4OS2. The molecule has 0 saturated heterocycles. The van der Waals surface area contributed by atoms with Crippen LogP contribution >= 0.6 is 23.5 Å². The van der Waals surface area contributed by atoms with E-state index in [-0.39, 0.29) is 5.56 Å². The molecule has 0 unspecified atom stereocenters. The molecule has 0 spiro atoms. The third-order valence-corrected chi connectivity index (χ3v) is 3.69. The number of rotatable bonds is 0. The van der Waals surface area contributed by atoms with Crippen molar-refractivity contribution in [2.75, 3.05) is 5.75 Å². The largest absolute Gasteiger partial charge is 0.286 e. The minimum Gasteiger partial charge on any atom is -0.286 e. The standard InChI is InChI=1S/C7H6N4OS2/c12-6-4-5(10-14-9-4)8-7-11(6)2-1-3-13-7/h1-3H2. The highest BCUT2D eigenvalue weighted by atomic mass is 32.2. The van der Waals surface area contributed by atoms with E-state index in [4.69, 9.17) is 0 Å². The van der Waals surface area contributed by atoms with Crippen LogP contribution in [0, 0.1) is 0 Å². The maximum atomic E-state index is 11.8. The molecule has 0 fully saturated rings. The van der Waals surface area contributed by atoms with E-state index in [9.17, 15) is 4.79 Å². The van der Waals surface area contributed by atoms with Gasteiger partial charge in [0.1, 0.15) is 0 Å². The first-order valence-electron chi connectivity index (χ1n) is 4.22. The summed E-state index contributed by atoms with van der Waals surface area (Å²) in [5.74, 6) is 1.02. The van der Waals surface area contributed by atoms with Gasteiger partial charge in [-0.2, -0.15) is 8.75 Å². The molecule has 0 saturated carbocycles. The normalized spacial score (nSPS) is 15.7. The number of fused-ring (bicyclic) bond motifs is 2. The van der Waals surface area contributed by atoms with Crippen molar-refractivity contribution in [3.63, 3.8) is 0 Å². The molecule has 1 aliphatic heterocycles. The van der Waals surface area contributed by atoms with Crippen molar-refractivity contribution < 1.29 is 0 Å². The van der Waals surface area contributed by atoms with Crippen LogP contribution in [0.3, 0.4) is 0 Å². The quantitative estimate of drug-likeness (QED) is 0.620. The lowest BCUT2D eigenvalue weighted by Crippen LogP contribution is -2.26. The molecule has 0 radical (unpaired) electrons. The highest BCUT2D eigenvalue weighted by Gasteiger charge is 2.16. The summed E-state index contributed by atoms with van der Waals surface area (Å²) in [6.45, 7) is 0.752. The van der Waals surface area contributed by atoms with E-state index < -0.39 is 0 Å². The summed E-state index contributed by atoms with van der Waals surface area (Å²) in [7, 11) is 0. The lowest BCUT2D eigenvalue weighted by atomic mass is 10.4.